The van der Waals surface area contributed by atoms with Gasteiger partial charge in [0.1, 0.15) is 0 Å². The normalized spacial score (nSPS) is 18.4. The van der Waals surface area contributed by atoms with Crippen molar-refractivity contribution in [1.82, 2.24) is 10.2 Å². The summed E-state index contributed by atoms with van der Waals surface area (Å²) in [5.74, 6) is -0.292. The first-order chi connectivity index (χ1) is 9.50. The molecule has 0 saturated carbocycles. The molecule has 1 aliphatic heterocycles. The number of nitrogens with zero attached hydrogens (tertiary/aromatic N) is 1. The topological polar surface area (TPSA) is 35.5 Å². The molecule has 2 N–H and O–H groups in total. The molecule has 0 unspecified atom stereocenters. The quantitative estimate of drug-likeness (QED) is 0.879. The van der Waals surface area contributed by atoms with E-state index in [4.69, 9.17) is 0 Å². The summed E-state index contributed by atoms with van der Waals surface area (Å²) in [6, 6.07) is 3.02. The van der Waals surface area contributed by atoms with E-state index in [0.29, 0.717) is 11.5 Å². The van der Waals surface area contributed by atoms with Crippen LogP contribution in [0.25, 0.3) is 0 Å². The summed E-state index contributed by atoms with van der Waals surface area (Å²) < 4.78 is 14.5. The Kier molecular flexibility index (Phi) is 5.41. The highest BCUT2D eigenvalue weighted by molar-refractivity contribution is 9.10. The molecule has 0 aromatic heterocycles. The minimum Gasteiger partial charge on any atom is -0.505 e. The van der Waals surface area contributed by atoms with E-state index in [1.165, 1.54) is 6.07 Å². The fourth-order valence-corrected chi connectivity index (χ4v) is 3.35. The standard InChI is InChI=1S/C15H22BrFN2O/c1-10(2)9-13(19-7-5-18-6-8-19)14-11(16)3-4-12(17)15(14)20/h3-4,10,13,18,20H,5-9H2,1-2H3/t13-/m1/s1. The zero-order valence-corrected chi connectivity index (χ0v) is 13.6. The fourth-order valence-electron chi connectivity index (χ4n) is 2.76. The molecule has 1 atom stereocenters. The third-order valence-electron chi connectivity index (χ3n) is 3.73. The first kappa shape index (κ1) is 15.7. The number of piperazine rings is 1. The third-order valence-corrected chi connectivity index (χ3v) is 4.43. The van der Waals surface area contributed by atoms with Crippen LogP contribution in [0.3, 0.4) is 0 Å². The molecular formula is C15H22BrFN2O. The molecule has 1 heterocycles. The molecule has 1 aromatic rings. The highest BCUT2D eigenvalue weighted by atomic mass is 79.9. The van der Waals surface area contributed by atoms with Gasteiger partial charge in [0.05, 0.1) is 0 Å². The van der Waals surface area contributed by atoms with Crippen LogP contribution in [-0.2, 0) is 0 Å². The second kappa shape index (κ2) is 6.87. The predicted molar refractivity (Wildman–Crippen MR) is 82.4 cm³/mol. The van der Waals surface area contributed by atoms with Crippen molar-refractivity contribution in [3.8, 4) is 5.75 Å². The van der Waals surface area contributed by atoms with Gasteiger partial charge in [-0.05, 0) is 24.5 Å². The summed E-state index contributed by atoms with van der Waals surface area (Å²) in [6.07, 6.45) is 0.898. The van der Waals surface area contributed by atoms with Crippen LogP contribution in [0.1, 0.15) is 31.9 Å². The highest BCUT2D eigenvalue weighted by Crippen LogP contribution is 2.39. The summed E-state index contributed by atoms with van der Waals surface area (Å²) in [5, 5.41) is 13.5. The van der Waals surface area contributed by atoms with E-state index in [2.05, 4.69) is 40.0 Å². The van der Waals surface area contributed by atoms with Crippen LogP contribution in [0.15, 0.2) is 16.6 Å². The number of phenols is 1. The zero-order chi connectivity index (χ0) is 14.7. The summed E-state index contributed by atoms with van der Waals surface area (Å²) in [5.41, 5.74) is 0.681. The lowest BCUT2D eigenvalue weighted by molar-refractivity contribution is 0.150. The van der Waals surface area contributed by atoms with Crippen LogP contribution in [0, 0.1) is 11.7 Å². The fraction of sp³-hybridized carbons (Fsp3) is 0.600. The lowest BCUT2D eigenvalue weighted by Crippen LogP contribution is -2.45. The Hall–Kier alpha value is -0.650. The molecule has 2 rings (SSSR count). The van der Waals surface area contributed by atoms with Crippen LogP contribution in [0.2, 0.25) is 0 Å². The van der Waals surface area contributed by atoms with Gasteiger partial charge in [-0.2, -0.15) is 0 Å². The van der Waals surface area contributed by atoms with Gasteiger partial charge >= 0.3 is 0 Å². The molecule has 0 aliphatic carbocycles. The minimum atomic E-state index is -0.549. The number of nitrogens with one attached hydrogen (secondary N) is 1. The van der Waals surface area contributed by atoms with E-state index in [-0.39, 0.29) is 11.8 Å². The summed E-state index contributed by atoms with van der Waals surface area (Å²) in [7, 11) is 0. The number of hydrogen-bond acceptors (Lipinski definition) is 3. The molecule has 1 aromatic carbocycles. The number of hydrogen-bond donors (Lipinski definition) is 2. The Balaban J connectivity index is 2.37. The largest absolute Gasteiger partial charge is 0.505 e. The molecule has 1 saturated heterocycles. The first-order valence-corrected chi connectivity index (χ1v) is 7.91. The zero-order valence-electron chi connectivity index (χ0n) is 12.0. The summed E-state index contributed by atoms with van der Waals surface area (Å²) >= 11 is 3.47. The van der Waals surface area contributed by atoms with Gasteiger partial charge < -0.3 is 10.4 Å². The molecule has 3 nitrogen and oxygen atoms in total. The lowest BCUT2D eigenvalue weighted by atomic mass is 9.94. The van der Waals surface area contributed by atoms with Crippen LogP contribution in [-0.4, -0.2) is 36.2 Å². The van der Waals surface area contributed by atoms with Crippen molar-refractivity contribution < 1.29 is 9.50 Å². The average Bonchev–Trinajstić information content (AvgIpc) is 2.43. The number of rotatable bonds is 4. The van der Waals surface area contributed by atoms with Crippen molar-refractivity contribution in [1.29, 1.82) is 0 Å². The summed E-state index contributed by atoms with van der Waals surface area (Å²) in [4.78, 5) is 2.33. The molecule has 1 fully saturated rings. The third kappa shape index (κ3) is 3.51. The van der Waals surface area contributed by atoms with Crippen LogP contribution < -0.4 is 5.32 Å². The number of benzene rings is 1. The Bertz CT molecular complexity index is 461. The molecule has 0 bridgehead atoms. The van der Waals surface area contributed by atoms with E-state index < -0.39 is 5.82 Å². The number of aromatic hydroxyl groups is 1. The van der Waals surface area contributed by atoms with Gasteiger partial charge in [-0.15, -0.1) is 0 Å². The van der Waals surface area contributed by atoms with Crippen molar-refractivity contribution in [2.75, 3.05) is 26.2 Å². The van der Waals surface area contributed by atoms with Gasteiger partial charge in [0, 0.05) is 42.3 Å². The first-order valence-electron chi connectivity index (χ1n) is 7.12. The Morgan fingerprint density at radius 1 is 1.35 bits per heavy atom. The Morgan fingerprint density at radius 3 is 2.60 bits per heavy atom. The summed E-state index contributed by atoms with van der Waals surface area (Å²) in [6.45, 7) is 8.00. The van der Waals surface area contributed by atoms with Gasteiger partial charge in [-0.25, -0.2) is 4.39 Å². The maximum atomic E-state index is 13.7. The van der Waals surface area contributed by atoms with Crippen molar-refractivity contribution in [3.63, 3.8) is 0 Å². The van der Waals surface area contributed by atoms with Crippen LogP contribution in [0.4, 0.5) is 4.39 Å². The number of halogens is 2. The SMILES string of the molecule is CC(C)C[C@H](c1c(Br)ccc(F)c1O)N1CCNCC1. The van der Waals surface area contributed by atoms with Crippen LogP contribution >= 0.6 is 15.9 Å². The number of phenolic OH excluding ortho intramolecular Hbond substituents is 1. The van der Waals surface area contributed by atoms with E-state index >= 15 is 0 Å². The Morgan fingerprint density at radius 2 is 2.00 bits per heavy atom. The van der Waals surface area contributed by atoms with Crippen LogP contribution in [0.5, 0.6) is 5.75 Å². The van der Waals surface area contributed by atoms with E-state index in [1.807, 2.05) is 0 Å². The monoisotopic (exact) mass is 344 g/mol. The maximum Gasteiger partial charge on any atom is 0.165 e. The molecule has 20 heavy (non-hydrogen) atoms. The average molecular weight is 345 g/mol. The molecule has 0 radical (unpaired) electrons. The molecule has 0 amide bonds. The van der Waals surface area contributed by atoms with Gasteiger partial charge in [-0.3, -0.25) is 4.90 Å². The van der Waals surface area contributed by atoms with Crippen molar-refractivity contribution >= 4 is 15.9 Å². The van der Waals surface area contributed by atoms with Gasteiger partial charge in [0.15, 0.2) is 11.6 Å². The molecular weight excluding hydrogens is 323 g/mol. The van der Waals surface area contributed by atoms with Gasteiger partial charge in [-0.1, -0.05) is 29.8 Å². The lowest BCUT2D eigenvalue weighted by Gasteiger charge is -2.36. The second-order valence-corrected chi connectivity index (χ2v) is 6.58. The van der Waals surface area contributed by atoms with E-state index in [0.717, 1.165) is 37.1 Å². The maximum absolute atomic E-state index is 13.7. The van der Waals surface area contributed by atoms with Crippen molar-refractivity contribution in [2.45, 2.75) is 26.3 Å². The predicted octanol–water partition coefficient (Wildman–Crippen LogP) is 3.29. The molecule has 5 heteroatoms. The molecule has 1 aliphatic rings. The van der Waals surface area contributed by atoms with E-state index in [9.17, 15) is 9.50 Å². The molecule has 112 valence electrons. The smallest absolute Gasteiger partial charge is 0.165 e. The van der Waals surface area contributed by atoms with Crippen molar-refractivity contribution in [3.05, 3.63) is 28.0 Å². The minimum absolute atomic E-state index is 0.0437. The van der Waals surface area contributed by atoms with E-state index in [1.54, 1.807) is 6.07 Å². The Labute approximate surface area is 128 Å². The van der Waals surface area contributed by atoms with Gasteiger partial charge in [0.2, 0.25) is 0 Å². The van der Waals surface area contributed by atoms with Gasteiger partial charge in [0.25, 0.3) is 0 Å². The highest BCUT2D eigenvalue weighted by Gasteiger charge is 2.28. The van der Waals surface area contributed by atoms with Crippen molar-refractivity contribution in [2.24, 2.45) is 5.92 Å². The second-order valence-electron chi connectivity index (χ2n) is 5.72. The molecule has 0 spiro atoms.